The number of aliphatic hydroxyl groups is 1. The Morgan fingerprint density at radius 1 is 1.24 bits per heavy atom. The third kappa shape index (κ3) is 3.71. The first-order valence-corrected chi connectivity index (χ1v) is 10.5. The lowest BCUT2D eigenvalue weighted by atomic mass is 9.89. The molecule has 8 nitrogen and oxygen atoms in total. The predicted molar refractivity (Wildman–Crippen MR) is 110 cm³/mol. The highest BCUT2D eigenvalue weighted by Gasteiger charge is 2.49. The van der Waals surface area contributed by atoms with E-state index in [4.69, 9.17) is 0 Å². The molecule has 2 aliphatic rings. The average molecular weight is 483 g/mol. The molecule has 2 amide bonds. The molecule has 0 spiro atoms. The molecular formula is C22H21F4N3O5. The number of aromatic nitrogens is 1. The number of rotatable bonds is 4. The fourth-order valence-electron chi connectivity index (χ4n) is 4.48. The second kappa shape index (κ2) is 8.42. The quantitative estimate of drug-likeness (QED) is 0.575. The lowest BCUT2D eigenvalue weighted by Gasteiger charge is -2.41. The Kier molecular flexibility index (Phi) is 5.88. The van der Waals surface area contributed by atoms with E-state index in [-0.39, 0.29) is 19.4 Å². The summed E-state index contributed by atoms with van der Waals surface area (Å²) < 4.78 is 55.8. The van der Waals surface area contributed by atoms with Crippen molar-refractivity contribution in [2.45, 2.75) is 44.0 Å². The minimum Gasteiger partial charge on any atom is -0.503 e. The molecule has 1 aromatic carbocycles. The number of carbonyl (C=O) groups excluding carboxylic acids is 2. The minimum atomic E-state index is -1.94. The van der Waals surface area contributed by atoms with Gasteiger partial charge in [0.25, 0.3) is 11.8 Å². The first-order chi connectivity index (χ1) is 16.0. The number of pyridine rings is 1. The Labute approximate surface area is 190 Å². The molecule has 1 aromatic heterocycles. The molecule has 34 heavy (non-hydrogen) atoms. The first-order valence-electron chi connectivity index (χ1n) is 10.5. The summed E-state index contributed by atoms with van der Waals surface area (Å²) in [6, 6.07) is -0.666. The van der Waals surface area contributed by atoms with Crippen LogP contribution in [0.4, 0.5) is 17.6 Å². The zero-order chi connectivity index (χ0) is 24.9. The van der Waals surface area contributed by atoms with Crippen molar-refractivity contribution in [1.82, 2.24) is 14.8 Å². The van der Waals surface area contributed by atoms with Crippen molar-refractivity contribution in [3.63, 3.8) is 0 Å². The van der Waals surface area contributed by atoms with E-state index in [2.05, 4.69) is 5.32 Å². The van der Waals surface area contributed by atoms with Crippen molar-refractivity contribution in [3.8, 4) is 5.75 Å². The van der Waals surface area contributed by atoms with E-state index < -0.39 is 88.2 Å². The van der Waals surface area contributed by atoms with Gasteiger partial charge in [0.05, 0.1) is 6.04 Å². The Morgan fingerprint density at radius 2 is 1.88 bits per heavy atom. The molecule has 1 saturated heterocycles. The van der Waals surface area contributed by atoms with Crippen LogP contribution in [0.15, 0.2) is 23.1 Å². The third-order valence-electron chi connectivity index (χ3n) is 6.53. The number of aromatic hydroxyl groups is 1. The zero-order valence-electron chi connectivity index (χ0n) is 17.9. The van der Waals surface area contributed by atoms with Gasteiger partial charge in [-0.3, -0.25) is 14.4 Å². The Balaban J connectivity index is 1.75. The van der Waals surface area contributed by atoms with Crippen molar-refractivity contribution in [2.75, 3.05) is 13.2 Å². The number of halogens is 4. The van der Waals surface area contributed by atoms with E-state index in [0.717, 1.165) is 10.8 Å². The lowest BCUT2D eigenvalue weighted by molar-refractivity contribution is -0.0418. The summed E-state index contributed by atoms with van der Waals surface area (Å²) >= 11 is 0. The highest BCUT2D eigenvalue weighted by Crippen LogP contribution is 2.40. The van der Waals surface area contributed by atoms with Crippen molar-refractivity contribution >= 4 is 11.8 Å². The van der Waals surface area contributed by atoms with Gasteiger partial charge in [0.15, 0.2) is 11.4 Å². The summed E-state index contributed by atoms with van der Waals surface area (Å²) in [4.78, 5) is 39.7. The topological polar surface area (TPSA) is 112 Å². The van der Waals surface area contributed by atoms with Crippen molar-refractivity contribution in [2.24, 2.45) is 0 Å². The molecule has 2 aromatic rings. The van der Waals surface area contributed by atoms with Gasteiger partial charge in [0, 0.05) is 43.0 Å². The summed E-state index contributed by atoms with van der Waals surface area (Å²) in [5.41, 5.74) is -5.01. The molecule has 12 heteroatoms. The SMILES string of the molecule is C[C@H]1CC[C@@](O)(CF)[C@H]2CN1C(=O)c1c(O)c(=O)c(C(=O)NCc3c(F)cc(F)cc3F)cn12. The minimum absolute atomic E-state index is 0.0178. The van der Waals surface area contributed by atoms with Gasteiger partial charge in [0.1, 0.15) is 35.3 Å². The van der Waals surface area contributed by atoms with Crippen LogP contribution in [-0.4, -0.2) is 56.4 Å². The van der Waals surface area contributed by atoms with Crippen LogP contribution in [0, 0.1) is 17.5 Å². The predicted octanol–water partition coefficient (Wildman–Crippen LogP) is 1.78. The maximum Gasteiger partial charge on any atom is 0.274 e. The molecule has 3 N–H and O–H groups in total. The fourth-order valence-corrected chi connectivity index (χ4v) is 4.48. The second-order valence-electron chi connectivity index (χ2n) is 8.61. The van der Waals surface area contributed by atoms with Crippen LogP contribution < -0.4 is 10.7 Å². The number of fused-ring (bicyclic) bond motifs is 4. The van der Waals surface area contributed by atoms with Crippen molar-refractivity contribution in [3.05, 3.63) is 62.8 Å². The lowest BCUT2D eigenvalue weighted by Crippen LogP contribution is -2.53. The Morgan fingerprint density at radius 3 is 2.50 bits per heavy atom. The second-order valence-corrected chi connectivity index (χ2v) is 8.61. The molecule has 0 radical (unpaired) electrons. The largest absolute Gasteiger partial charge is 0.503 e. The van der Waals surface area contributed by atoms with Crippen LogP contribution in [0.3, 0.4) is 0 Å². The summed E-state index contributed by atoms with van der Waals surface area (Å²) in [6.45, 7) is -0.355. The van der Waals surface area contributed by atoms with Crippen LogP contribution in [-0.2, 0) is 6.54 Å². The molecule has 2 aliphatic heterocycles. The highest BCUT2D eigenvalue weighted by molar-refractivity contribution is 5.99. The molecule has 0 saturated carbocycles. The number of amides is 2. The van der Waals surface area contributed by atoms with Gasteiger partial charge >= 0.3 is 0 Å². The maximum atomic E-state index is 13.9. The van der Waals surface area contributed by atoms with Gasteiger partial charge in [-0.05, 0) is 19.8 Å². The summed E-state index contributed by atoms with van der Waals surface area (Å²) in [5, 5.41) is 23.6. The van der Waals surface area contributed by atoms with E-state index >= 15 is 0 Å². The molecule has 4 rings (SSSR count). The van der Waals surface area contributed by atoms with Gasteiger partial charge in [0.2, 0.25) is 5.43 Å². The van der Waals surface area contributed by atoms with Crippen LogP contribution in [0.1, 0.15) is 52.2 Å². The maximum absolute atomic E-state index is 13.9. The van der Waals surface area contributed by atoms with Gasteiger partial charge in [-0.15, -0.1) is 0 Å². The van der Waals surface area contributed by atoms with E-state index in [9.17, 15) is 42.2 Å². The molecular weight excluding hydrogens is 462 g/mol. The van der Waals surface area contributed by atoms with Gasteiger partial charge in [-0.1, -0.05) is 0 Å². The third-order valence-corrected chi connectivity index (χ3v) is 6.53. The summed E-state index contributed by atoms with van der Waals surface area (Å²) in [6.07, 6.45) is 1.17. The smallest absolute Gasteiger partial charge is 0.274 e. The molecule has 3 atom stereocenters. The van der Waals surface area contributed by atoms with E-state index in [1.54, 1.807) is 6.92 Å². The van der Waals surface area contributed by atoms with Gasteiger partial charge < -0.3 is 25.0 Å². The van der Waals surface area contributed by atoms with Gasteiger partial charge in [-0.2, -0.15) is 0 Å². The number of hydrogen-bond donors (Lipinski definition) is 3. The number of hydrogen-bond acceptors (Lipinski definition) is 5. The number of nitrogens with one attached hydrogen (secondary N) is 1. The van der Waals surface area contributed by atoms with Crippen LogP contribution in [0.5, 0.6) is 5.75 Å². The first kappa shape index (κ1) is 23.7. The van der Waals surface area contributed by atoms with Gasteiger partial charge in [-0.25, -0.2) is 17.6 Å². The highest BCUT2D eigenvalue weighted by atomic mass is 19.1. The molecule has 182 valence electrons. The molecule has 3 heterocycles. The Hall–Kier alpha value is -3.41. The monoisotopic (exact) mass is 483 g/mol. The summed E-state index contributed by atoms with van der Waals surface area (Å²) in [5.74, 6) is -6.60. The molecule has 2 bridgehead atoms. The van der Waals surface area contributed by atoms with E-state index in [0.29, 0.717) is 12.1 Å². The van der Waals surface area contributed by atoms with Crippen LogP contribution in [0.25, 0.3) is 0 Å². The van der Waals surface area contributed by atoms with Crippen molar-refractivity contribution < 1.29 is 37.4 Å². The zero-order valence-corrected chi connectivity index (χ0v) is 17.9. The van der Waals surface area contributed by atoms with Crippen molar-refractivity contribution in [1.29, 1.82) is 0 Å². The number of carbonyl (C=O) groups is 2. The van der Waals surface area contributed by atoms with E-state index in [1.807, 2.05) is 0 Å². The normalized spacial score (nSPS) is 23.9. The average Bonchev–Trinajstić information content (AvgIpc) is 2.89. The molecule has 0 unspecified atom stereocenters. The fraction of sp³-hybridized carbons (Fsp3) is 0.409. The number of benzene rings is 1. The molecule has 1 fully saturated rings. The van der Waals surface area contributed by atoms with E-state index in [1.165, 1.54) is 4.90 Å². The summed E-state index contributed by atoms with van der Waals surface area (Å²) in [7, 11) is 0. The Bertz CT molecular complexity index is 1230. The van der Waals surface area contributed by atoms with Crippen LogP contribution in [0.2, 0.25) is 0 Å². The number of alkyl halides is 1. The standard InChI is InChI=1S/C22H21F4N3O5/c1-10-2-3-22(34,9-23)16-8-28(10)21(33)17-19(31)18(30)13(7-29(16)17)20(32)27-6-12-14(25)4-11(24)5-15(12)26/h4-5,7,10,16,31,34H,2-3,6,8-9H2,1H3,(H,27,32)/t10-,16+,22+/m0/s1. The molecule has 0 aliphatic carbocycles. The number of nitrogens with zero attached hydrogens (tertiary/aromatic N) is 2. The van der Waals surface area contributed by atoms with Crippen LogP contribution >= 0.6 is 0 Å².